The molecule has 0 radical (unpaired) electrons. The van der Waals surface area contributed by atoms with Crippen molar-refractivity contribution in [3.8, 4) is 0 Å². The molecule has 4 heteroatoms. The highest BCUT2D eigenvalue weighted by Gasteiger charge is 2.30. The predicted molar refractivity (Wildman–Crippen MR) is 64.5 cm³/mol. The van der Waals surface area contributed by atoms with Crippen molar-refractivity contribution in [3.05, 3.63) is 12.7 Å². The minimum atomic E-state index is -0.460. The number of carbonyl (C=O) groups is 1. The SMILES string of the molecule is C=CC(=O)OCC1CCC(OC(C)C)C(O)C1. The first-order chi connectivity index (χ1) is 8.02. The van der Waals surface area contributed by atoms with Gasteiger partial charge in [-0.1, -0.05) is 6.58 Å². The molecule has 98 valence electrons. The Morgan fingerprint density at radius 3 is 2.76 bits per heavy atom. The smallest absolute Gasteiger partial charge is 0.330 e. The molecule has 0 aliphatic heterocycles. The third-order valence-corrected chi connectivity index (χ3v) is 2.94. The van der Waals surface area contributed by atoms with Crippen LogP contribution in [0.5, 0.6) is 0 Å². The number of aliphatic hydroxyl groups excluding tert-OH is 1. The van der Waals surface area contributed by atoms with Gasteiger partial charge in [0.25, 0.3) is 0 Å². The van der Waals surface area contributed by atoms with E-state index in [0.717, 1.165) is 18.9 Å². The standard InChI is InChI=1S/C13H22O4/c1-4-13(15)16-8-10-5-6-12(11(14)7-10)17-9(2)3/h4,9-12,14H,1,5-8H2,2-3H3. The van der Waals surface area contributed by atoms with E-state index in [9.17, 15) is 9.90 Å². The van der Waals surface area contributed by atoms with E-state index in [1.807, 2.05) is 13.8 Å². The normalized spacial score (nSPS) is 29.1. The summed E-state index contributed by atoms with van der Waals surface area (Å²) in [4.78, 5) is 10.9. The largest absolute Gasteiger partial charge is 0.462 e. The third-order valence-electron chi connectivity index (χ3n) is 2.94. The van der Waals surface area contributed by atoms with Gasteiger partial charge in [-0.25, -0.2) is 4.79 Å². The first kappa shape index (κ1) is 14.2. The van der Waals surface area contributed by atoms with Crippen molar-refractivity contribution < 1.29 is 19.4 Å². The summed E-state index contributed by atoms with van der Waals surface area (Å²) < 4.78 is 10.6. The molecule has 1 aliphatic carbocycles. The molecule has 4 nitrogen and oxygen atoms in total. The molecule has 0 aromatic rings. The van der Waals surface area contributed by atoms with Crippen molar-refractivity contribution in [1.29, 1.82) is 0 Å². The highest BCUT2D eigenvalue weighted by molar-refractivity contribution is 5.81. The highest BCUT2D eigenvalue weighted by atomic mass is 16.5. The maximum Gasteiger partial charge on any atom is 0.330 e. The zero-order valence-electron chi connectivity index (χ0n) is 10.6. The molecular formula is C13H22O4. The van der Waals surface area contributed by atoms with E-state index in [1.165, 1.54) is 0 Å². The number of hydrogen-bond donors (Lipinski definition) is 1. The van der Waals surface area contributed by atoms with Crippen molar-refractivity contribution in [1.82, 2.24) is 0 Å². The number of aliphatic hydroxyl groups is 1. The van der Waals surface area contributed by atoms with Gasteiger partial charge in [0.2, 0.25) is 0 Å². The molecule has 1 saturated carbocycles. The van der Waals surface area contributed by atoms with E-state index in [2.05, 4.69) is 6.58 Å². The molecule has 0 spiro atoms. The molecule has 0 aromatic heterocycles. The van der Waals surface area contributed by atoms with Crippen molar-refractivity contribution in [3.63, 3.8) is 0 Å². The molecule has 1 rings (SSSR count). The topological polar surface area (TPSA) is 55.8 Å². The van der Waals surface area contributed by atoms with Gasteiger partial charge in [0, 0.05) is 6.08 Å². The zero-order chi connectivity index (χ0) is 12.8. The van der Waals surface area contributed by atoms with Gasteiger partial charge in [0.1, 0.15) is 0 Å². The molecule has 1 fully saturated rings. The maximum absolute atomic E-state index is 10.9. The van der Waals surface area contributed by atoms with Gasteiger partial charge in [-0.15, -0.1) is 0 Å². The lowest BCUT2D eigenvalue weighted by Gasteiger charge is -2.33. The lowest BCUT2D eigenvalue weighted by molar-refractivity contribution is -0.141. The number of carbonyl (C=O) groups excluding carboxylic acids is 1. The summed E-state index contributed by atoms with van der Waals surface area (Å²) in [6.45, 7) is 7.62. The van der Waals surface area contributed by atoms with E-state index in [-0.39, 0.29) is 18.1 Å². The molecule has 0 amide bonds. The molecule has 3 unspecified atom stereocenters. The molecule has 0 bridgehead atoms. The number of esters is 1. The van der Waals surface area contributed by atoms with Crippen molar-refractivity contribution in [2.45, 2.75) is 51.4 Å². The Kier molecular flexibility index (Phi) is 5.65. The Labute approximate surface area is 103 Å². The van der Waals surface area contributed by atoms with Crippen LogP contribution in [0.25, 0.3) is 0 Å². The monoisotopic (exact) mass is 242 g/mol. The molecule has 1 aliphatic rings. The summed E-state index contributed by atoms with van der Waals surface area (Å²) >= 11 is 0. The Morgan fingerprint density at radius 2 is 2.24 bits per heavy atom. The molecule has 0 saturated heterocycles. The van der Waals surface area contributed by atoms with Crippen LogP contribution in [0.15, 0.2) is 12.7 Å². The van der Waals surface area contributed by atoms with Gasteiger partial charge in [0.15, 0.2) is 0 Å². The lowest BCUT2D eigenvalue weighted by atomic mass is 9.85. The fourth-order valence-corrected chi connectivity index (χ4v) is 2.12. The quantitative estimate of drug-likeness (QED) is 0.588. The van der Waals surface area contributed by atoms with Crippen LogP contribution >= 0.6 is 0 Å². The minimum absolute atomic E-state index is 0.0821. The summed E-state index contributed by atoms with van der Waals surface area (Å²) in [5.74, 6) is -0.180. The second-order valence-corrected chi connectivity index (χ2v) is 4.80. The van der Waals surface area contributed by atoms with E-state index in [4.69, 9.17) is 9.47 Å². The maximum atomic E-state index is 10.9. The number of ether oxygens (including phenoxy) is 2. The van der Waals surface area contributed by atoms with Gasteiger partial charge >= 0.3 is 5.97 Å². The van der Waals surface area contributed by atoms with Crippen molar-refractivity contribution >= 4 is 5.97 Å². The summed E-state index contributed by atoms with van der Waals surface area (Å²) in [5.41, 5.74) is 0. The summed E-state index contributed by atoms with van der Waals surface area (Å²) in [7, 11) is 0. The van der Waals surface area contributed by atoms with Gasteiger partial charge in [-0.3, -0.25) is 0 Å². The summed E-state index contributed by atoms with van der Waals surface area (Å²) in [6, 6.07) is 0. The van der Waals surface area contributed by atoms with Gasteiger partial charge < -0.3 is 14.6 Å². The van der Waals surface area contributed by atoms with Crippen molar-refractivity contribution in [2.75, 3.05) is 6.61 Å². The molecule has 0 aromatic carbocycles. The second kappa shape index (κ2) is 6.77. The molecule has 1 N–H and O–H groups in total. The average molecular weight is 242 g/mol. The molecule has 0 heterocycles. The Bertz CT molecular complexity index is 262. The van der Waals surface area contributed by atoms with E-state index >= 15 is 0 Å². The predicted octanol–water partition coefficient (Wildman–Crippen LogP) is 1.67. The van der Waals surface area contributed by atoms with Crippen molar-refractivity contribution in [2.24, 2.45) is 5.92 Å². The van der Waals surface area contributed by atoms with Gasteiger partial charge in [-0.2, -0.15) is 0 Å². The highest BCUT2D eigenvalue weighted by Crippen LogP contribution is 2.27. The minimum Gasteiger partial charge on any atom is -0.462 e. The van der Waals surface area contributed by atoms with Crippen LogP contribution in [0.4, 0.5) is 0 Å². The Balaban J connectivity index is 2.31. The van der Waals surface area contributed by atoms with Crippen LogP contribution in [0.2, 0.25) is 0 Å². The van der Waals surface area contributed by atoms with E-state index < -0.39 is 12.1 Å². The first-order valence-electron chi connectivity index (χ1n) is 6.15. The summed E-state index contributed by atoms with van der Waals surface area (Å²) in [6.07, 6.45) is 3.10. The van der Waals surface area contributed by atoms with Crippen LogP contribution in [0.3, 0.4) is 0 Å². The third kappa shape index (κ3) is 4.88. The Hall–Kier alpha value is -0.870. The number of rotatable bonds is 5. The van der Waals surface area contributed by atoms with E-state index in [0.29, 0.717) is 13.0 Å². The average Bonchev–Trinajstić information content (AvgIpc) is 2.28. The fourth-order valence-electron chi connectivity index (χ4n) is 2.12. The van der Waals surface area contributed by atoms with Crippen LogP contribution in [0.1, 0.15) is 33.1 Å². The van der Waals surface area contributed by atoms with Crippen LogP contribution in [0, 0.1) is 5.92 Å². The van der Waals surface area contributed by atoms with E-state index in [1.54, 1.807) is 0 Å². The van der Waals surface area contributed by atoms with Gasteiger partial charge in [0.05, 0.1) is 24.9 Å². The number of hydrogen-bond acceptors (Lipinski definition) is 4. The lowest BCUT2D eigenvalue weighted by Crippen LogP contribution is -2.38. The van der Waals surface area contributed by atoms with Crippen LogP contribution < -0.4 is 0 Å². The molecule has 3 atom stereocenters. The molecule has 17 heavy (non-hydrogen) atoms. The first-order valence-corrected chi connectivity index (χ1v) is 6.15. The Morgan fingerprint density at radius 1 is 1.53 bits per heavy atom. The van der Waals surface area contributed by atoms with Crippen LogP contribution in [-0.2, 0) is 14.3 Å². The molecular weight excluding hydrogens is 220 g/mol. The second-order valence-electron chi connectivity index (χ2n) is 4.80. The summed E-state index contributed by atoms with van der Waals surface area (Å²) in [5, 5.41) is 9.93. The van der Waals surface area contributed by atoms with Gasteiger partial charge in [-0.05, 0) is 39.0 Å². The fraction of sp³-hybridized carbons (Fsp3) is 0.769. The zero-order valence-corrected chi connectivity index (χ0v) is 10.6. The van der Waals surface area contributed by atoms with Crippen LogP contribution in [-0.4, -0.2) is 36.0 Å².